The van der Waals surface area contributed by atoms with Gasteiger partial charge in [-0.2, -0.15) is 0 Å². The average Bonchev–Trinajstić information content (AvgIpc) is 3.65. The fourth-order valence-electron chi connectivity index (χ4n) is 4.71. The number of amides is 2. The summed E-state index contributed by atoms with van der Waals surface area (Å²) >= 11 is 0. The Morgan fingerprint density at radius 2 is 1.26 bits per heavy atom. The first-order chi connectivity index (χ1) is 21.1. The number of rotatable bonds is 5. The van der Waals surface area contributed by atoms with Crippen molar-refractivity contribution in [2.24, 2.45) is 11.8 Å². The van der Waals surface area contributed by atoms with Gasteiger partial charge in [-0.1, -0.05) is 40.3 Å². The van der Waals surface area contributed by atoms with E-state index in [0.717, 1.165) is 17.9 Å². The van der Waals surface area contributed by atoms with Crippen LogP contribution in [0.4, 0.5) is 9.59 Å². The molecule has 14 heteroatoms. The van der Waals surface area contributed by atoms with Gasteiger partial charge in [0.1, 0.15) is 35.9 Å². The van der Waals surface area contributed by atoms with Crippen molar-refractivity contribution in [1.82, 2.24) is 15.1 Å². The normalized spacial score (nSPS) is 25.4. The van der Waals surface area contributed by atoms with Crippen molar-refractivity contribution in [3.8, 4) is 0 Å². The molecule has 3 heterocycles. The number of carbonyl (C=O) groups is 5. The number of aliphatic hydroxyl groups is 1. The lowest BCUT2D eigenvalue weighted by molar-refractivity contribution is -0.144. The lowest BCUT2D eigenvalue weighted by Gasteiger charge is -2.26. The highest BCUT2D eigenvalue weighted by Gasteiger charge is 2.41. The highest BCUT2D eigenvalue weighted by atomic mass is 16.6. The molecule has 0 aromatic heterocycles. The Bertz CT molecular complexity index is 962. The molecule has 3 rings (SSSR count). The third-order valence-electron chi connectivity index (χ3n) is 6.59. The number of carbonyl (C=O) groups excluding carboxylic acids is 3. The second-order valence-electron chi connectivity index (χ2n) is 13.4. The van der Waals surface area contributed by atoms with E-state index >= 15 is 0 Å². The smallest absolute Gasteiger partial charge is 0.411 e. The predicted octanol–water partition coefficient (Wildman–Crippen LogP) is 3.90. The summed E-state index contributed by atoms with van der Waals surface area (Å²) in [5.74, 6) is -1.46. The monoisotopic (exact) mass is 659 g/mol. The molecule has 3 fully saturated rings. The van der Waals surface area contributed by atoms with Gasteiger partial charge in [0.15, 0.2) is 0 Å². The molecular weight excluding hydrogens is 602 g/mol. The van der Waals surface area contributed by atoms with Gasteiger partial charge in [0, 0.05) is 13.0 Å². The largest absolute Gasteiger partial charge is 0.480 e. The van der Waals surface area contributed by atoms with Crippen LogP contribution in [0.2, 0.25) is 0 Å². The molecule has 266 valence electrons. The van der Waals surface area contributed by atoms with E-state index < -0.39 is 53.5 Å². The molecule has 0 saturated carbocycles. The molecule has 46 heavy (non-hydrogen) atoms. The van der Waals surface area contributed by atoms with Crippen LogP contribution < -0.4 is 5.32 Å². The number of aliphatic carboxylic acids is 2. The molecule has 0 bridgehead atoms. The second kappa shape index (κ2) is 19.3. The van der Waals surface area contributed by atoms with E-state index in [2.05, 4.69) is 18.8 Å². The molecule has 2 amide bonds. The Morgan fingerprint density at radius 1 is 0.804 bits per heavy atom. The number of likely N-dealkylation sites (tertiary alicyclic amines) is 2. The van der Waals surface area contributed by atoms with Crippen LogP contribution in [0.15, 0.2) is 12.7 Å². The van der Waals surface area contributed by atoms with Crippen LogP contribution in [0.5, 0.6) is 0 Å². The van der Waals surface area contributed by atoms with Crippen molar-refractivity contribution < 1.29 is 53.5 Å². The first kappa shape index (κ1) is 42.6. The number of ether oxygens (including phenoxy) is 3. The third kappa shape index (κ3) is 15.7. The molecule has 4 N–H and O–H groups in total. The Labute approximate surface area is 273 Å². The van der Waals surface area contributed by atoms with Crippen molar-refractivity contribution in [3.63, 3.8) is 0 Å². The molecule has 0 unspecified atom stereocenters. The molecule has 3 saturated heterocycles. The van der Waals surface area contributed by atoms with Gasteiger partial charge in [-0.15, -0.1) is 0 Å². The van der Waals surface area contributed by atoms with E-state index in [9.17, 15) is 29.1 Å². The predicted molar refractivity (Wildman–Crippen MR) is 171 cm³/mol. The first-order valence-electron chi connectivity index (χ1n) is 15.8. The van der Waals surface area contributed by atoms with Crippen LogP contribution in [-0.4, -0.2) is 117 Å². The van der Waals surface area contributed by atoms with E-state index in [4.69, 9.17) is 24.4 Å². The minimum absolute atomic E-state index is 0.00583. The third-order valence-corrected chi connectivity index (χ3v) is 6.59. The molecule has 3 aliphatic rings. The summed E-state index contributed by atoms with van der Waals surface area (Å²) in [6.07, 6.45) is 0.976. The van der Waals surface area contributed by atoms with Gasteiger partial charge in [-0.25, -0.2) is 19.2 Å². The van der Waals surface area contributed by atoms with Crippen LogP contribution in [0.3, 0.4) is 0 Å². The van der Waals surface area contributed by atoms with Crippen molar-refractivity contribution in [2.45, 2.75) is 124 Å². The summed E-state index contributed by atoms with van der Waals surface area (Å²) in [5, 5.41) is 30.3. The number of hydrogen-bond acceptors (Lipinski definition) is 10. The number of hydrogen-bond donors (Lipinski definition) is 4. The minimum atomic E-state index is -1.12. The van der Waals surface area contributed by atoms with Gasteiger partial charge < -0.3 is 34.8 Å². The highest BCUT2D eigenvalue weighted by molar-refractivity contribution is 5.81. The second-order valence-corrected chi connectivity index (χ2v) is 13.4. The van der Waals surface area contributed by atoms with Crippen molar-refractivity contribution in [3.05, 3.63) is 12.7 Å². The number of nitrogens with one attached hydrogen (secondary N) is 1. The number of β-amino-alcohol motifs (C(OH)–C–C–N with tert-alkyl or cyclic N) is 1. The van der Waals surface area contributed by atoms with Crippen molar-refractivity contribution in [1.29, 1.82) is 0 Å². The highest BCUT2D eigenvalue weighted by Crippen LogP contribution is 2.25. The summed E-state index contributed by atoms with van der Waals surface area (Å²) < 4.78 is 15.1. The van der Waals surface area contributed by atoms with E-state index in [1.54, 1.807) is 47.6 Å². The van der Waals surface area contributed by atoms with E-state index in [1.807, 2.05) is 20.8 Å². The molecule has 0 spiro atoms. The van der Waals surface area contributed by atoms with Gasteiger partial charge in [0.05, 0.1) is 12.6 Å². The summed E-state index contributed by atoms with van der Waals surface area (Å²) in [7, 11) is 0. The maximum atomic E-state index is 11.8. The minimum Gasteiger partial charge on any atom is -0.480 e. The molecule has 6 atom stereocenters. The van der Waals surface area contributed by atoms with Gasteiger partial charge in [0.25, 0.3) is 0 Å². The summed E-state index contributed by atoms with van der Waals surface area (Å²) in [6.45, 7) is 23.6. The van der Waals surface area contributed by atoms with Gasteiger partial charge in [-0.05, 0) is 72.8 Å². The standard InChI is InChI=1S/C11H19NO4.C10H17NO5.C9H15NO2.C2H6/c1-7-5-8(9(13)14)12(6-7)10(15)16-11(2,3)4;1-10(2,3)16-9(15)11-5-6(12)4-7(11)8(13)14;1-3-4-12-9(11)8-5-7(2)6-10-8;1-2/h7-8H,5-6H2,1-4H3,(H,13,14);6-7,12H,4-5H2,1-3H3,(H,13,14);3,7-8,10H,1,4-6H2,2H3;1-2H3/t7-,8+;6-,7+;7-,8+;/m111./s1. The Morgan fingerprint density at radius 3 is 1.65 bits per heavy atom. The topological polar surface area (TPSA) is 192 Å². The maximum Gasteiger partial charge on any atom is 0.411 e. The fraction of sp³-hybridized carbons (Fsp3) is 0.781. The molecule has 14 nitrogen and oxygen atoms in total. The SMILES string of the molecule is C=CCOC(=O)[C@@H]1C[C@@H](C)CN1.CC.CC(C)(C)OC(=O)N1C[C@H](O)C[C@H]1C(=O)O.C[C@@H]1C[C@@H](C(=O)O)N(C(=O)OC(C)(C)C)C1. The molecule has 0 radical (unpaired) electrons. The number of carboxylic acid groups (broad SMARTS) is 2. The Kier molecular flexibility index (Phi) is 17.9. The molecule has 3 aliphatic heterocycles. The van der Waals surface area contributed by atoms with Gasteiger partial charge in [-0.3, -0.25) is 14.6 Å². The lowest BCUT2D eigenvalue weighted by atomic mass is 10.1. The van der Waals surface area contributed by atoms with Crippen LogP contribution in [-0.2, 0) is 28.6 Å². The molecule has 0 aromatic carbocycles. The molecule has 0 aromatic rings. The number of nitrogens with zero attached hydrogens (tertiary/aromatic N) is 2. The fourth-order valence-corrected chi connectivity index (χ4v) is 4.71. The maximum absolute atomic E-state index is 11.8. The van der Waals surface area contributed by atoms with Gasteiger partial charge >= 0.3 is 30.1 Å². The number of aliphatic hydroxyl groups excluding tert-OH is 1. The first-order valence-corrected chi connectivity index (χ1v) is 15.8. The zero-order valence-electron chi connectivity index (χ0n) is 29.2. The molecular formula is C32H57N3O11. The van der Waals surface area contributed by atoms with E-state index in [-0.39, 0.29) is 30.9 Å². The van der Waals surface area contributed by atoms with Crippen LogP contribution in [0, 0.1) is 11.8 Å². The van der Waals surface area contributed by atoms with Gasteiger partial charge in [0.2, 0.25) is 0 Å². The molecule has 0 aliphatic carbocycles. The zero-order chi connectivity index (χ0) is 36.0. The quantitative estimate of drug-likeness (QED) is 0.189. The zero-order valence-corrected chi connectivity index (χ0v) is 29.2. The number of carboxylic acids is 2. The van der Waals surface area contributed by atoms with Crippen molar-refractivity contribution in [2.75, 3.05) is 26.2 Å². The lowest BCUT2D eigenvalue weighted by Crippen LogP contribution is -2.43. The van der Waals surface area contributed by atoms with Crippen LogP contribution >= 0.6 is 0 Å². The summed E-state index contributed by atoms with van der Waals surface area (Å²) in [5.41, 5.74) is -1.26. The summed E-state index contributed by atoms with van der Waals surface area (Å²) in [6, 6.07) is -1.84. The van der Waals surface area contributed by atoms with Crippen LogP contribution in [0.1, 0.15) is 88.5 Å². The average molecular weight is 660 g/mol. The number of esters is 1. The Hall–Kier alpha value is -3.39. The van der Waals surface area contributed by atoms with E-state index in [1.165, 1.54) is 4.90 Å². The van der Waals surface area contributed by atoms with Crippen molar-refractivity contribution >= 4 is 30.1 Å². The summed E-state index contributed by atoms with van der Waals surface area (Å²) in [4.78, 5) is 58.8. The Balaban J connectivity index is 0.000000649. The van der Waals surface area contributed by atoms with Crippen LogP contribution in [0.25, 0.3) is 0 Å². The van der Waals surface area contributed by atoms with E-state index in [0.29, 0.717) is 25.5 Å².